The summed E-state index contributed by atoms with van der Waals surface area (Å²) in [4.78, 5) is 4.34. The molecule has 4 aliphatic rings. The van der Waals surface area contributed by atoms with E-state index in [2.05, 4.69) is 4.98 Å². The number of nitrogens with zero attached hydrogens (tertiary/aromatic N) is 1. The van der Waals surface area contributed by atoms with Gasteiger partial charge in [0, 0.05) is 5.92 Å². The predicted octanol–water partition coefficient (Wildman–Crippen LogP) is 3.45. The third-order valence-corrected chi connectivity index (χ3v) is 5.44. The van der Waals surface area contributed by atoms with Crippen LogP contribution in [0.25, 0.3) is 0 Å². The zero-order chi connectivity index (χ0) is 11.6. The van der Waals surface area contributed by atoms with Crippen LogP contribution in [0, 0.1) is 23.7 Å². The van der Waals surface area contributed by atoms with Gasteiger partial charge in [-0.1, -0.05) is 0 Å². The van der Waals surface area contributed by atoms with E-state index < -0.39 is 0 Å². The number of anilines is 1. The Morgan fingerprint density at radius 1 is 1.06 bits per heavy atom. The van der Waals surface area contributed by atoms with Crippen molar-refractivity contribution >= 4 is 17.6 Å². The van der Waals surface area contributed by atoms with Gasteiger partial charge in [-0.25, -0.2) is 0 Å². The molecule has 5 rings (SSSR count). The van der Waals surface area contributed by atoms with E-state index >= 15 is 0 Å². The Morgan fingerprint density at radius 3 is 2.12 bits per heavy atom. The van der Waals surface area contributed by atoms with Crippen LogP contribution in [0.5, 0.6) is 0 Å². The average molecular weight is 253 g/mol. The summed E-state index contributed by atoms with van der Waals surface area (Å²) in [5, 5.41) is 0.431. The molecule has 0 amide bonds. The highest BCUT2D eigenvalue weighted by Crippen LogP contribution is 2.60. The van der Waals surface area contributed by atoms with E-state index in [-0.39, 0.29) is 6.01 Å². The molecule has 4 saturated carbocycles. The fourth-order valence-corrected chi connectivity index (χ4v) is 5.15. The first-order valence-corrected chi connectivity index (χ1v) is 7.00. The second kappa shape index (κ2) is 3.41. The highest BCUT2D eigenvalue weighted by Gasteiger charge is 2.50. The Labute approximate surface area is 106 Å². The first kappa shape index (κ1) is 10.2. The molecular formula is C13H17ClN2O. The lowest BCUT2D eigenvalue weighted by Crippen LogP contribution is -2.43. The van der Waals surface area contributed by atoms with Gasteiger partial charge >= 0.3 is 0 Å². The lowest BCUT2D eigenvalue weighted by atomic mass is 9.51. The Morgan fingerprint density at radius 2 is 1.65 bits per heavy atom. The van der Waals surface area contributed by atoms with Crippen LogP contribution in [-0.4, -0.2) is 4.98 Å². The van der Waals surface area contributed by atoms with Crippen LogP contribution >= 0.6 is 11.6 Å². The van der Waals surface area contributed by atoms with E-state index in [9.17, 15) is 0 Å². The van der Waals surface area contributed by atoms with Crippen molar-refractivity contribution < 1.29 is 4.42 Å². The average Bonchev–Trinajstić information content (AvgIpc) is 2.56. The second-order valence-electron chi connectivity index (χ2n) is 6.17. The van der Waals surface area contributed by atoms with Crippen molar-refractivity contribution in [1.82, 2.24) is 4.98 Å². The largest absolute Gasteiger partial charge is 0.412 e. The summed E-state index contributed by atoms with van der Waals surface area (Å²) in [6.45, 7) is 0. The molecule has 92 valence electrons. The summed E-state index contributed by atoms with van der Waals surface area (Å²) in [6.07, 6.45) is 6.91. The number of nitrogens with two attached hydrogens (primary N) is 1. The smallest absolute Gasteiger partial charge is 0.293 e. The first-order valence-electron chi connectivity index (χ1n) is 6.62. The zero-order valence-corrected chi connectivity index (χ0v) is 10.5. The van der Waals surface area contributed by atoms with Gasteiger partial charge in [0.15, 0.2) is 0 Å². The van der Waals surface area contributed by atoms with Crippen molar-refractivity contribution in [2.24, 2.45) is 23.7 Å². The van der Waals surface area contributed by atoms with E-state index in [1.807, 2.05) is 0 Å². The molecule has 0 unspecified atom stereocenters. The predicted molar refractivity (Wildman–Crippen MR) is 65.7 cm³/mol. The van der Waals surface area contributed by atoms with Gasteiger partial charge in [-0.2, -0.15) is 4.98 Å². The molecule has 0 aliphatic heterocycles. The van der Waals surface area contributed by atoms with Crippen LogP contribution in [-0.2, 0) is 0 Å². The fourth-order valence-electron chi connectivity index (χ4n) is 4.91. The molecule has 1 heterocycles. The molecule has 17 heavy (non-hydrogen) atoms. The highest BCUT2D eigenvalue weighted by atomic mass is 35.5. The fraction of sp³-hybridized carbons (Fsp3) is 0.769. The standard InChI is InChI=1S/C13H17ClN2O/c14-12-11(16-13(15)17-12)10-8-2-6-1-7(4-8)5-9(10)3-6/h6-10H,1-5H2,(H2,15,16). The van der Waals surface area contributed by atoms with Crippen LogP contribution < -0.4 is 5.73 Å². The van der Waals surface area contributed by atoms with Gasteiger partial charge in [-0.3, -0.25) is 0 Å². The third-order valence-electron chi connectivity index (χ3n) is 5.17. The number of aromatic nitrogens is 1. The second-order valence-corrected chi connectivity index (χ2v) is 6.51. The zero-order valence-electron chi connectivity index (χ0n) is 9.73. The molecule has 0 atom stereocenters. The summed E-state index contributed by atoms with van der Waals surface area (Å²) in [5.74, 6) is 3.99. The molecule has 4 bridgehead atoms. The third kappa shape index (κ3) is 1.44. The minimum atomic E-state index is 0.221. The van der Waals surface area contributed by atoms with Crippen LogP contribution in [0.1, 0.15) is 43.7 Å². The maximum Gasteiger partial charge on any atom is 0.293 e. The quantitative estimate of drug-likeness (QED) is 0.833. The lowest BCUT2D eigenvalue weighted by molar-refractivity contribution is -0.00413. The summed E-state index contributed by atoms with van der Waals surface area (Å²) in [5.41, 5.74) is 6.55. The number of rotatable bonds is 1. The molecule has 0 spiro atoms. The number of hydrogen-bond donors (Lipinski definition) is 1. The minimum absolute atomic E-state index is 0.221. The van der Waals surface area contributed by atoms with Crippen molar-refractivity contribution in [2.75, 3.05) is 5.73 Å². The van der Waals surface area contributed by atoms with Crippen molar-refractivity contribution in [3.8, 4) is 0 Å². The van der Waals surface area contributed by atoms with Crippen molar-refractivity contribution in [1.29, 1.82) is 0 Å². The number of halogens is 1. The summed E-state index contributed by atoms with van der Waals surface area (Å²) < 4.78 is 5.20. The van der Waals surface area contributed by atoms with Crippen molar-refractivity contribution in [3.05, 3.63) is 10.9 Å². The van der Waals surface area contributed by atoms with Crippen LogP contribution in [0.3, 0.4) is 0 Å². The number of oxazole rings is 1. The summed E-state index contributed by atoms with van der Waals surface area (Å²) >= 11 is 6.13. The molecule has 4 aliphatic carbocycles. The van der Waals surface area contributed by atoms with Gasteiger partial charge in [0.05, 0.1) is 0 Å². The molecule has 0 radical (unpaired) electrons. The molecule has 2 N–H and O–H groups in total. The summed E-state index contributed by atoms with van der Waals surface area (Å²) in [6, 6.07) is 0.221. The molecule has 0 aromatic carbocycles. The van der Waals surface area contributed by atoms with Gasteiger partial charge < -0.3 is 10.2 Å². The molecule has 0 saturated heterocycles. The molecule has 3 nitrogen and oxygen atoms in total. The maximum atomic E-state index is 6.13. The molecule has 1 aromatic heterocycles. The molecule has 1 aromatic rings. The van der Waals surface area contributed by atoms with Crippen molar-refractivity contribution in [3.63, 3.8) is 0 Å². The SMILES string of the molecule is Nc1nc(C2C3CC4CC(C3)CC2C4)c(Cl)o1. The van der Waals surface area contributed by atoms with Crippen LogP contribution in [0.4, 0.5) is 6.01 Å². The topological polar surface area (TPSA) is 52.0 Å². The Kier molecular flexibility index (Phi) is 2.05. The number of hydrogen-bond acceptors (Lipinski definition) is 3. The normalized spacial score (nSPS) is 43.2. The van der Waals surface area contributed by atoms with Crippen molar-refractivity contribution in [2.45, 2.75) is 38.0 Å². The van der Waals surface area contributed by atoms with Crippen LogP contribution in [0.2, 0.25) is 5.22 Å². The van der Waals surface area contributed by atoms with Crippen LogP contribution in [0.15, 0.2) is 4.42 Å². The first-order chi connectivity index (χ1) is 8.20. The van der Waals surface area contributed by atoms with E-state index in [1.165, 1.54) is 32.1 Å². The summed E-state index contributed by atoms with van der Waals surface area (Å²) in [7, 11) is 0. The minimum Gasteiger partial charge on any atom is -0.412 e. The highest BCUT2D eigenvalue weighted by molar-refractivity contribution is 6.29. The Bertz CT molecular complexity index is 428. The van der Waals surface area contributed by atoms with E-state index in [0.29, 0.717) is 11.1 Å². The molecule has 4 heteroatoms. The lowest BCUT2D eigenvalue weighted by Gasteiger charge is -2.53. The van der Waals surface area contributed by atoms with E-state index in [0.717, 1.165) is 29.4 Å². The van der Waals surface area contributed by atoms with E-state index in [4.69, 9.17) is 21.8 Å². The Balaban J connectivity index is 1.72. The maximum absolute atomic E-state index is 6.13. The van der Waals surface area contributed by atoms with Gasteiger partial charge in [0.1, 0.15) is 5.69 Å². The molecule has 4 fully saturated rings. The molecular weight excluding hydrogens is 236 g/mol. The number of nitrogen functional groups attached to an aromatic ring is 1. The van der Waals surface area contributed by atoms with Gasteiger partial charge in [-0.15, -0.1) is 0 Å². The van der Waals surface area contributed by atoms with Gasteiger partial charge in [-0.05, 0) is 67.4 Å². The van der Waals surface area contributed by atoms with Gasteiger partial charge in [0.2, 0.25) is 5.22 Å². The monoisotopic (exact) mass is 252 g/mol. The van der Waals surface area contributed by atoms with E-state index in [1.54, 1.807) is 0 Å². The Hall–Kier alpha value is -0.700. The van der Waals surface area contributed by atoms with Gasteiger partial charge in [0.25, 0.3) is 6.01 Å².